The molecule has 0 saturated carbocycles. The zero-order valence-electron chi connectivity index (χ0n) is 11.8. The molecule has 0 aliphatic heterocycles. The summed E-state index contributed by atoms with van der Waals surface area (Å²) in [6.07, 6.45) is 12.8. The quantitative estimate of drug-likeness (QED) is 0.742. The molecule has 2 aliphatic carbocycles. The van der Waals surface area contributed by atoms with Crippen LogP contribution in [0.5, 0.6) is 0 Å². The minimum absolute atomic E-state index is 0.166. The molecule has 21 heavy (non-hydrogen) atoms. The molecule has 0 amide bonds. The van der Waals surface area contributed by atoms with Crippen molar-refractivity contribution >= 4 is 6.08 Å². The summed E-state index contributed by atoms with van der Waals surface area (Å²) in [5.74, 6) is 0. The van der Waals surface area contributed by atoms with Crippen molar-refractivity contribution in [2.75, 3.05) is 0 Å². The first kappa shape index (κ1) is 13.2. The Bertz CT molecular complexity index is 752. The Morgan fingerprint density at radius 2 is 1.71 bits per heavy atom. The van der Waals surface area contributed by atoms with E-state index < -0.39 is 23.2 Å². The molecule has 0 spiro atoms. The third-order valence-electron chi connectivity index (χ3n) is 4.26. The Labute approximate surface area is 137 Å². The molecule has 0 nitrogen and oxygen atoms in total. The molecule has 0 aromatic heterocycles. The monoisotopic (exact) mass is 346 g/mol. The van der Waals surface area contributed by atoms with E-state index in [1.54, 1.807) is 3.28 Å². The van der Waals surface area contributed by atoms with Gasteiger partial charge >= 0.3 is 138 Å². The van der Waals surface area contributed by atoms with E-state index in [1.165, 1.54) is 16.7 Å². The van der Waals surface area contributed by atoms with Crippen molar-refractivity contribution < 1.29 is 23.2 Å². The van der Waals surface area contributed by atoms with E-state index in [2.05, 4.69) is 85.0 Å². The maximum absolute atomic E-state index is 2.47. The first-order valence-electron chi connectivity index (χ1n) is 7.37. The van der Waals surface area contributed by atoms with Crippen LogP contribution in [0.3, 0.4) is 0 Å². The second kappa shape index (κ2) is 5.39. The van der Waals surface area contributed by atoms with Crippen LogP contribution in [0, 0.1) is 0 Å². The van der Waals surface area contributed by atoms with Gasteiger partial charge in [-0.2, -0.15) is 0 Å². The first-order chi connectivity index (χ1) is 10.4. The van der Waals surface area contributed by atoms with E-state index in [4.69, 9.17) is 0 Å². The number of hydrogen-bond donors (Lipinski definition) is 0. The summed E-state index contributed by atoms with van der Waals surface area (Å²) in [4.78, 5) is 0. The fourth-order valence-corrected chi connectivity index (χ4v) is 7.52. The summed E-state index contributed by atoms with van der Waals surface area (Å²) in [7, 11) is 0. The van der Waals surface area contributed by atoms with E-state index >= 15 is 0 Å². The van der Waals surface area contributed by atoms with Crippen LogP contribution in [-0.4, -0.2) is 0 Å². The van der Waals surface area contributed by atoms with Gasteiger partial charge in [-0.25, -0.2) is 0 Å². The molecule has 0 radical (unpaired) electrons. The molecule has 2 aromatic rings. The fraction of sp³-hybridized carbons (Fsp3) is 0.100. The van der Waals surface area contributed by atoms with Crippen molar-refractivity contribution in [3.8, 4) is 0 Å². The van der Waals surface area contributed by atoms with E-state index in [-0.39, 0.29) is 3.12 Å². The molecule has 100 valence electrons. The Hall–Kier alpha value is -1.46. The molecule has 0 bridgehead atoms. The van der Waals surface area contributed by atoms with Crippen LogP contribution in [0.1, 0.15) is 23.1 Å². The van der Waals surface area contributed by atoms with E-state index in [9.17, 15) is 0 Å². The molecule has 0 heterocycles. The van der Waals surface area contributed by atoms with Gasteiger partial charge in [0.25, 0.3) is 0 Å². The normalized spacial score (nSPS) is 22.2. The fourth-order valence-electron chi connectivity index (χ4n) is 3.23. The number of benzene rings is 2. The molecular formula is C20H16Zr. The molecule has 4 rings (SSSR count). The van der Waals surface area contributed by atoms with Crippen molar-refractivity contribution in [1.82, 2.24) is 0 Å². The third kappa shape index (κ3) is 2.25. The topological polar surface area (TPSA) is 0 Å². The second-order valence-corrected chi connectivity index (χ2v) is 9.68. The standard InChI is InChI=1S/C15H11.C5H5.Zr/c1-2-6-12(7-3-1)15-11-10-13-8-4-5-9-14(13)15;1-2-4-5-3-1;/h1-11H;1-3H,4H2;. The van der Waals surface area contributed by atoms with E-state index in [1.807, 2.05) is 0 Å². The van der Waals surface area contributed by atoms with Crippen LogP contribution in [0.25, 0.3) is 6.08 Å². The van der Waals surface area contributed by atoms with Gasteiger partial charge in [-0.15, -0.1) is 0 Å². The minimum atomic E-state index is -0.775. The van der Waals surface area contributed by atoms with Gasteiger partial charge < -0.3 is 0 Å². The van der Waals surface area contributed by atoms with E-state index in [0.29, 0.717) is 0 Å². The second-order valence-electron chi connectivity index (χ2n) is 5.54. The molecule has 2 aromatic carbocycles. The Morgan fingerprint density at radius 3 is 2.52 bits per heavy atom. The summed E-state index contributed by atoms with van der Waals surface area (Å²) in [5.41, 5.74) is 4.37. The summed E-state index contributed by atoms with van der Waals surface area (Å²) in [6, 6.07) is 20.0. The zero-order chi connectivity index (χ0) is 14.1. The number of hydrogen-bond acceptors (Lipinski definition) is 0. The molecule has 1 heteroatoms. The van der Waals surface area contributed by atoms with Crippen LogP contribution < -0.4 is 0 Å². The molecular weight excluding hydrogens is 331 g/mol. The van der Waals surface area contributed by atoms with Crippen LogP contribution in [0.4, 0.5) is 0 Å². The van der Waals surface area contributed by atoms with Gasteiger partial charge in [0.1, 0.15) is 0 Å². The molecule has 0 saturated heterocycles. The zero-order valence-corrected chi connectivity index (χ0v) is 14.2. The van der Waals surface area contributed by atoms with Crippen molar-refractivity contribution in [1.29, 1.82) is 0 Å². The Morgan fingerprint density at radius 1 is 0.905 bits per heavy atom. The average Bonchev–Trinajstić information content (AvgIpc) is 3.18. The van der Waals surface area contributed by atoms with Crippen molar-refractivity contribution in [3.05, 3.63) is 98.9 Å². The van der Waals surface area contributed by atoms with E-state index in [0.717, 1.165) is 6.42 Å². The molecule has 1 unspecified atom stereocenters. The van der Waals surface area contributed by atoms with Gasteiger partial charge in [-0.1, -0.05) is 0 Å². The Balaban J connectivity index is 1.86. The Kier molecular flexibility index (Phi) is 3.39. The van der Waals surface area contributed by atoms with Gasteiger partial charge in [0.05, 0.1) is 0 Å². The summed E-state index contributed by atoms with van der Waals surface area (Å²) >= 11 is -0.775. The van der Waals surface area contributed by atoms with Crippen LogP contribution in [0.2, 0.25) is 0 Å². The number of rotatable bonds is 3. The predicted octanol–water partition coefficient (Wildman–Crippen LogP) is 4.88. The SMILES string of the molecule is C1=CC[C]([Zr][C]2(c3ccccc3)C=Cc3ccccc32)=C1. The molecule has 2 aliphatic rings. The van der Waals surface area contributed by atoms with Gasteiger partial charge in [-0.05, 0) is 0 Å². The van der Waals surface area contributed by atoms with Crippen molar-refractivity contribution in [2.24, 2.45) is 0 Å². The van der Waals surface area contributed by atoms with Gasteiger partial charge in [0, 0.05) is 0 Å². The number of fused-ring (bicyclic) bond motifs is 1. The van der Waals surface area contributed by atoms with Gasteiger partial charge in [-0.3, -0.25) is 0 Å². The summed E-state index contributed by atoms with van der Waals surface area (Å²) in [6.45, 7) is 0. The van der Waals surface area contributed by atoms with Gasteiger partial charge in [0.2, 0.25) is 0 Å². The molecule has 0 fully saturated rings. The van der Waals surface area contributed by atoms with Gasteiger partial charge in [0.15, 0.2) is 0 Å². The molecule has 0 N–H and O–H groups in total. The summed E-state index contributed by atoms with van der Waals surface area (Å²) in [5, 5.41) is 0. The van der Waals surface area contributed by atoms with Crippen LogP contribution in [0.15, 0.2) is 82.2 Å². The van der Waals surface area contributed by atoms with Crippen molar-refractivity contribution in [2.45, 2.75) is 9.54 Å². The average molecular weight is 348 g/mol. The van der Waals surface area contributed by atoms with Crippen LogP contribution in [-0.2, 0) is 26.4 Å². The summed E-state index contributed by atoms with van der Waals surface area (Å²) < 4.78 is 1.85. The maximum atomic E-state index is 2.47. The molecule has 1 atom stereocenters. The van der Waals surface area contributed by atoms with Crippen LogP contribution >= 0.6 is 0 Å². The van der Waals surface area contributed by atoms with Crippen molar-refractivity contribution in [3.63, 3.8) is 0 Å². The first-order valence-corrected chi connectivity index (χ1v) is 9.82. The predicted molar refractivity (Wildman–Crippen MR) is 84.5 cm³/mol. The number of allylic oxidation sites excluding steroid dienone is 5. The third-order valence-corrected chi connectivity index (χ3v) is 8.71.